The Hall–Kier alpha value is -2.73. The lowest BCUT2D eigenvalue weighted by Crippen LogP contribution is -2.37. The van der Waals surface area contributed by atoms with Crippen molar-refractivity contribution >= 4 is 6.03 Å². The number of urea groups is 1. The van der Waals surface area contributed by atoms with Gasteiger partial charge in [-0.1, -0.05) is 24.3 Å². The van der Waals surface area contributed by atoms with Gasteiger partial charge < -0.3 is 24.8 Å². The lowest BCUT2D eigenvalue weighted by molar-refractivity contribution is 0.104. The molecule has 0 spiro atoms. The minimum absolute atomic E-state index is 0.248. The van der Waals surface area contributed by atoms with Crippen molar-refractivity contribution in [2.45, 2.75) is 12.6 Å². The van der Waals surface area contributed by atoms with Crippen LogP contribution in [-0.4, -0.2) is 33.9 Å². The Morgan fingerprint density at radius 3 is 2.32 bits per heavy atom. The van der Waals surface area contributed by atoms with Gasteiger partial charge in [0.15, 0.2) is 0 Å². The van der Waals surface area contributed by atoms with Crippen molar-refractivity contribution in [3.8, 4) is 11.5 Å². The second-order valence-electron chi connectivity index (χ2n) is 5.41. The molecule has 0 radical (unpaired) electrons. The molecule has 2 aromatic carbocycles. The molecule has 2 N–H and O–H groups in total. The summed E-state index contributed by atoms with van der Waals surface area (Å²) in [6, 6.07) is 14.9. The molecule has 0 aromatic heterocycles. The van der Waals surface area contributed by atoms with E-state index in [2.05, 4.69) is 10.6 Å². The maximum atomic E-state index is 12.0. The Balaban J connectivity index is 1.82. The van der Waals surface area contributed by atoms with Crippen molar-refractivity contribution < 1.29 is 19.0 Å². The minimum Gasteiger partial charge on any atom is -0.497 e. The summed E-state index contributed by atoms with van der Waals surface area (Å²) in [6.45, 7) is 0.796. The zero-order valence-electron chi connectivity index (χ0n) is 14.7. The predicted molar refractivity (Wildman–Crippen MR) is 96.0 cm³/mol. The lowest BCUT2D eigenvalue weighted by Gasteiger charge is -2.17. The van der Waals surface area contributed by atoms with Crippen molar-refractivity contribution in [1.29, 1.82) is 0 Å². The van der Waals surface area contributed by atoms with E-state index in [0.717, 1.165) is 22.6 Å². The Bertz CT molecular complexity index is 673. The molecule has 2 amide bonds. The number of carbonyl (C=O) groups excluding carboxylic acids is 1. The van der Waals surface area contributed by atoms with Crippen LogP contribution in [0, 0.1) is 0 Å². The fraction of sp³-hybridized carbons (Fsp3) is 0.316. The minimum atomic E-state index is -0.249. The van der Waals surface area contributed by atoms with Crippen molar-refractivity contribution in [2.75, 3.05) is 27.9 Å². The van der Waals surface area contributed by atoms with Gasteiger partial charge in [0.2, 0.25) is 0 Å². The lowest BCUT2D eigenvalue weighted by atomic mass is 10.1. The Morgan fingerprint density at radius 1 is 0.960 bits per heavy atom. The topological polar surface area (TPSA) is 68.8 Å². The van der Waals surface area contributed by atoms with E-state index >= 15 is 0 Å². The summed E-state index contributed by atoms with van der Waals surface area (Å²) in [5, 5.41) is 5.64. The third kappa shape index (κ3) is 5.69. The first-order chi connectivity index (χ1) is 12.2. The molecule has 0 aliphatic heterocycles. The summed E-state index contributed by atoms with van der Waals surface area (Å²) >= 11 is 0. The number of benzene rings is 2. The van der Waals surface area contributed by atoms with Crippen LogP contribution >= 0.6 is 0 Å². The predicted octanol–water partition coefficient (Wildman–Crippen LogP) is 2.89. The molecule has 6 nitrogen and oxygen atoms in total. The van der Waals surface area contributed by atoms with E-state index in [1.807, 2.05) is 48.5 Å². The Morgan fingerprint density at radius 2 is 1.68 bits per heavy atom. The normalized spacial score (nSPS) is 11.5. The fourth-order valence-corrected chi connectivity index (χ4v) is 2.35. The van der Waals surface area contributed by atoms with Gasteiger partial charge in [0.1, 0.15) is 11.5 Å². The smallest absolute Gasteiger partial charge is 0.315 e. The molecule has 0 bridgehead atoms. The number of amides is 2. The van der Waals surface area contributed by atoms with Gasteiger partial charge in [-0.15, -0.1) is 0 Å². The molecule has 6 heteroatoms. The second kappa shape index (κ2) is 9.54. The molecule has 134 valence electrons. The molecule has 25 heavy (non-hydrogen) atoms. The van der Waals surface area contributed by atoms with Crippen LogP contribution in [0.1, 0.15) is 17.2 Å². The quantitative estimate of drug-likeness (QED) is 0.773. The third-order valence-electron chi connectivity index (χ3n) is 3.81. The average Bonchev–Trinajstić information content (AvgIpc) is 2.67. The van der Waals surface area contributed by atoms with Crippen LogP contribution in [0.3, 0.4) is 0 Å². The molecular formula is C19H24N2O4. The van der Waals surface area contributed by atoms with Crippen LogP contribution in [-0.2, 0) is 11.3 Å². The summed E-state index contributed by atoms with van der Waals surface area (Å²) in [5.74, 6) is 1.54. The number of rotatable bonds is 8. The van der Waals surface area contributed by atoms with E-state index < -0.39 is 0 Å². The van der Waals surface area contributed by atoms with Crippen molar-refractivity contribution in [3.63, 3.8) is 0 Å². The number of ether oxygens (including phenoxy) is 3. The van der Waals surface area contributed by atoms with Crippen molar-refractivity contribution in [3.05, 3.63) is 59.7 Å². The Labute approximate surface area is 148 Å². The second-order valence-corrected chi connectivity index (χ2v) is 5.41. The maximum absolute atomic E-state index is 12.0. The van der Waals surface area contributed by atoms with Crippen molar-refractivity contribution in [2.24, 2.45) is 0 Å². The molecule has 0 fully saturated rings. The number of nitrogens with one attached hydrogen (secondary N) is 2. The first-order valence-electron chi connectivity index (χ1n) is 7.97. The molecule has 0 unspecified atom stereocenters. The standard InChI is InChI=1S/C19H24N2O4/c1-23-16-9-7-14(8-10-16)12-20-19(22)21-13-18(25-3)15-5-4-6-17(11-15)24-2/h4-11,18H,12-13H2,1-3H3,(H2,20,21,22)/t18-/m1/s1. The van der Waals surface area contributed by atoms with Gasteiger partial charge in [0.05, 0.1) is 20.3 Å². The first kappa shape index (κ1) is 18.6. The number of hydrogen-bond acceptors (Lipinski definition) is 4. The van der Waals surface area contributed by atoms with Crippen LogP contribution in [0.2, 0.25) is 0 Å². The highest BCUT2D eigenvalue weighted by molar-refractivity contribution is 5.73. The van der Waals surface area contributed by atoms with E-state index in [-0.39, 0.29) is 12.1 Å². The summed E-state index contributed by atoms with van der Waals surface area (Å²) in [7, 11) is 4.85. The van der Waals surface area contributed by atoms with Gasteiger partial charge in [-0.3, -0.25) is 0 Å². The summed E-state index contributed by atoms with van der Waals surface area (Å²) in [5.41, 5.74) is 1.93. The highest BCUT2D eigenvalue weighted by atomic mass is 16.5. The Kier molecular flexibility index (Phi) is 7.10. The van der Waals surface area contributed by atoms with Gasteiger partial charge in [0, 0.05) is 20.2 Å². The number of methoxy groups -OCH3 is 3. The molecular weight excluding hydrogens is 320 g/mol. The van der Waals surface area contributed by atoms with E-state index in [1.54, 1.807) is 21.3 Å². The van der Waals surface area contributed by atoms with Crippen LogP contribution in [0.4, 0.5) is 4.79 Å². The SMILES string of the molecule is COc1ccc(CNC(=O)NC[C@@H](OC)c2cccc(OC)c2)cc1. The van der Waals surface area contributed by atoms with Gasteiger partial charge in [0.25, 0.3) is 0 Å². The fourth-order valence-electron chi connectivity index (χ4n) is 2.35. The summed E-state index contributed by atoms with van der Waals surface area (Å²) < 4.78 is 15.8. The van der Waals surface area contributed by atoms with Crippen LogP contribution < -0.4 is 20.1 Å². The maximum Gasteiger partial charge on any atom is 0.315 e. The molecule has 0 aliphatic rings. The molecule has 2 aromatic rings. The molecule has 0 saturated heterocycles. The molecule has 0 heterocycles. The average molecular weight is 344 g/mol. The third-order valence-corrected chi connectivity index (χ3v) is 3.81. The highest BCUT2D eigenvalue weighted by Gasteiger charge is 2.12. The molecule has 1 atom stereocenters. The number of carbonyl (C=O) groups is 1. The largest absolute Gasteiger partial charge is 0.497 e. The van der Waals surface area contributed by atoms with E-state index in [1.165, 1.54) is 0 Å². The van der Waals surface area contributed by atoms with E-state index in [9.17, 15) is 4.79 Å². The van der Waals surface area contributed by atoms with Gasteiger partial charge in [-0.25, -0.2) is 4.79 Å². The van der Waals surface area contributed by atoms with Crippen molar-refractivity contribution in [1.82, 2.24) is 10.6 Å². The van der Waals surface area contributed by atoms with Gasteiger partial charge >= 0.3 is 6.03 Å². The molecule has 2 rings (SSSR count). The van der Waals surface area contributed by atoms with Gasteiger partial charge in [-0.05, 0) is 35.4 Å². The molecule has 0 saturated carbocycles. The zero-order valence-corrected chi connectivity index (χ0v) is 14.7. The summed E-state index contributed by atoms with van der Waals surface area (Å²) in [4.78, 5) is 12.0. The zero-order chi connectivity index (χ0) is 18.1. The van der Waals surface area contributed by atoms with E-state index in [0.29, 0.717) is 13.1 Å². The number of hydrogen-bond donors (Lipinski definition) is 2. The first-order valence-corrected chi connectivity index (χ1v) is 7.97. The van der Waals surface area contributed by atoms with E-state index in [4.69, 9.17) is 14.2 Å². The molecule has 0 aliphatic carbocycles. The van der Waals surface area contributed by atoms with Crippen LogP contribution in [0.15, 0.2) is 48.5 Å². The summed E-state index contributed by atoms with van der Waals surface area (Å²) in [6.07, 6.45) is -0.248. The monoisotopic (exact) mass is 344 g/mol. The van der Waals surface area contributed by atoms with Crippen LogP contribution in [0.5, 0.6) is 11.5 Å². The highest BCUT2D eigenvalue weighted by Crippen LogP contribution is 2.20. The van der Waals surface area contributed by atoms with Crippen LogP contribution in [0.25, 0.3) is 0 Å². The van der Waals surface area contributed by atoms with Gasteiger partial charge in [-0.2, -0.15) is 0 Å².